The lowest BCUT2D eigenvalue weighted by Crippen LogP contribution is -2.35. The van der Waals surface area contributed by atoms with Crippen molar-refractivity contribution < 1.29 is 4.79 Å². The number of benzene rings is 1. The van der Waals surface area contributed by atoms with E-state index in [0.29, 0.717) is 11.7 Å². The molecule has 0 saturated carbocycles. The highest BCUT2D eigenvalue weighted by Crippen LogP contribution is 2.15. The van der Waals surface area contributed by atoms with Crippen LogP contribution in [0.15, 0.2) is 29.4 Å². The van der Waals surface area contributed by atoms with Crippen molar-refractivity contribution in [2.45, 2.75) is 19.0 Å². The first-order chi connectivity index (χ1) is 12.0. The summed E-state index contributed by atoms with van der Waals surface area (Å²) in [7, 11) is 0. The number of amides is 1. The Morgan fingerprint density at radius 2 is 1.96 bits per heavy atom. The molecule has 2 aromatic rings. The predicted molar refractivity (Wildman–Crippen MR) is 101 cm³/mol. The van der Waals surface area contributed by atoms with Crippen molar-refractivity contribution in [3.63, 3.8) is 0 Å². The third-order valence-corrected chi connectivity index (χ3v) is 4.28. The molecule has 1 heterocycles. The van der Waals surface area contributed by atoms with Crippen molar-refractivity contribution in [2.75, 3.05) is 41.8 Å². The zero-order valence-electron chi connectivity index (χ0n) is 14.4. The van der Waals surface area contributed by atoms with Gasteiger partial charge in [0.05, 0.1) is 5.75 Å². The fourth-order valence-electron chi connectivity index (χ4n) is 2.26. The van der Waals surface area contributed by atoms with Crippen molar-refractivity contribution in [2.24, 2.45) is 0 Å². The van der Waals surface area contributed by atoms with Gasteiger partial charge in [-0.2, -0.15) is 15.0 Å². The van der Waals surface area contributed by atoms with Gasteiger partial charge in [0.15, 0.2) is 5.16 Å². The SMILES string of the molecule is CCN(CCNC(=O)CSc1nc(N)nc(N)n1)c1cccc(C)c1. The summed E-state index contributed by atoms with van der Waals surface area (Å²) in [5.74, 6) is 0.196. The summed E-state index contributed by atoms with van der Waals surface area (Å²) in [5, 5.41) is 3.24. The molecule has 0 spiro atoms. The van der Waals surface area contributed by atoms with Gasteiger partial charge >= 0.3 is 0 Å². The lowest BCUT2D eigenvalue weighted by Gasteiger charge is -2.23. The molecule has 0 fully saturated rings. The van der Waals surface area contributed by atoms with Crippen molar-refractivity contribution in [3.8, 4) is 0 Å². The summed E-state index contributed by atoms with van der Waals surface area (Å²) in [4.78, 5) is 25.7. The van der Waals surface area contributed by atoms with Crippen LogP contribution in [0, 0.1) is 6.92 Å². The Morgan fingerprint density at radius 1 is 1.24 bits per heavy atom. The van der Waals surface area contributed by atoms with E-state index in [1.165, 1.54) is 17.3 Å². The molecule has 0 aliphatic rings. The molecule has 0 aliphatic carbocycles. The van der Waals surface area contributed by atoms with E-state index in [-0.39, 0.29) is 23.6 Å². The molecule has 0 radical (unpaired) electrons. The van der Waals surface area contributed by atoms with Crippen LogP contribution in [0.3, 0.4) is 0 Å². The molecule has 1 aromatic carbocycles. The van der Waals surface area contributed by atoms with Crippen molar-refractivity contribution >= 4 is 35.3 Å². The Morgan fingerprint density at radius 3 is 2.60 bits per heavy atom. The van der Waals surface area contributed by atoms with E-state index >= 15 is 0 Å². The number of hydrogen-bond donors (Lipinski definition) is 3. The third kappa shape index (κ3) is 6.11. The largest absolute Gasteiger partial charge is 0.370 e. The third-order valence-electron chi connectivity index (χ3n) is 3.43. The van der Waals surface area contributed by atoms with E-state index in [1.54, 1.807) is 0 Å². The number of thioether (sulfide) groups is 1. The number of carbonyl (C=O) groups excluding carboxylic acids is 1. The van der Waals surface area contributed by atoms with E-state index in [4.69, 9.17) is 11.5 Å². The molecule has 1 amide bonds. The minimum Gasteiger partial charge on any atom is -0.370 e. The number of nitrogens with two attached hydrogens (primary N) is 2. The summed E-state index contributed by atoms with van der Waals surface area (Å²) in [5.41, 5.74) is 13.4. The smallest absolute Gasteiger partial charge is 0.230 e. The summed E-state index contributed by atoms with van der Waals surface area (Å²) in [6, 6.07) is 8.31. The fourth-order valence-corrected chi connectivity index (χ4v) is 2.94. The van der Waals surface area contributed by atoms with Gasteiger partial charge in [-0.05, 0) is 31.5 Å². The first-order valence-corrected chi connectivity index (χ1v) is 8.94. The Bertz CT molecular complexity index is 705. The summed E-state index contributed by atoms with van der Waals surface area (Å²) in [6.07, 6.45) is 0. The maximum atomic E-state index is 12.0. The van der Waals surface area contributed by atoms with Crippen LogP contribution in [0.4, 0.5) is 17.6 Å². The Labute approximate surface area is 151 Å². The van der Waals surface area contributed by atoms with Crippen molar-refractivity contribution in [1.82, 2.24) is 20.3 Å². The van der Waals surface area contributed by atoms with Gasteiger partial charge in [-0.1, -0.05) is 23.9 Å². The van der Waals surface area contributed by atoms with Gasteiger partial charge in [-0.25, -0.2) is 0 Å². The van der Waals surface area contributed by atoms with Gasteiger partial charge in [0, 0.05) is 25.3 Å². The first kappa shape index (κ1) is 18.8. The molecule has 5 N–H and O–H groups in total. The second-order valence-corrected chi connectivity index (χ2v) is 6.33. The Balaban J connectivity index is 1.77. The van der Waals surface area contributed by atoms with Gasteiger partial charge in [0.2, 0.25) is 17.8 Å². The standard InChI is InChI=1S/C16H23N7OS/c1-3-23(12-6-4-5-11(2)9-12)8-7-19-13(24)10-25-16-21-14(17)20-15(18)22-16/h4-6,9H,3,7-8,10H2,1-2H3,(H,19,24)(H4,17,18,20,21,22). The lowest BCUT2D eigenvalue weighted by molar-refractivity contribution is -0.118. The van der Waals surface area contributed by atoms with Crippen LogP contribution in [0.2, 0.25) is 0 Å². The number of likely N-dealkylation sites (N-methyl/N-ethyl adjacent to an activating group) is 1. The van der Waals surface area contributed by atoms with Crippen LogP contribution >= 0.6 is 11.8 Å². The van der Waals surface area contributed by atoms with Gasteiger partial charge < -0.3 is 21.7 Å². The lowest BCUT2D eigenvalue weighted by atomic mass is 10.2. The van der Waals surface area contributed by atoms with Crippen LogP contribution in [0.1, 0.15) is 12.5 Å². The number of aromatic nitrogens is 3. The van der Waals surface area contributed by atoms with Crippen LogP contribution in [0.25, 0.3) is 0 Å². The van der Waals surface area contributed by atoms with E-state index in [1.807, 2.05) is 6.07 Å². The van der Waals surface area contributed by atoms with Crippen molar-refractivity contribution in [1.29, 1.82) is 0 Å². The van der Waals surface area contributed by atoms with E-state index in [0.717, 1.165) is 18.8 Å². The van der Waals surface area contributed by atoms with Crippen LogP contribution in [0.5, 0.6) is 0 Å². The number of nitrogen functional groups attached to an aromatic ring is 2. The maximum absolute atomic E-state index is 12.0. The summed E-state index contributed by atoms with van der Waals surface area (Å²) < 4.78 is 0. The van der Waals surface area contributed by atoms with E-state index in [2.05, 4.69) is 57.2 Å². The molecular formula is C16H23N7OS. The zero-order chi connectivity index (χ0) is 18.2. The van der Waals surface area contributed by atoms with Gasteiger partial charge in [-0.3, -0.25) is 4.79 Å². The quantitative estimate of drug-likeness (QED) is 0.597. The minimum absolute atomic E-state index is 0.0483. The highest BCUT2D eigenvalue weighted by Gasteiger charge is 2.08. The number of hydrogen-bond acceptors (Lipinski definition) is 8. The minimum atomic E-state index is -0.0946. The Kier molecular flexibility index (Phi) is 6.81. The molecule has 2 rings (SSSR count). The number of nitrogens with one attached hydrogen (secondary N) is 1. The fraction of sp³-hybridized carbons (Fsp3) is 0.375. The highest BCUT2D eigenvalue weighted by atomic mass is 32.2. The average molecular weight is 361 g/mol. The maximum Gasteiger partial charge on any atom is 0.230 e. The van der Waals surface area contributed by atoms with Crippen LogP contribution in [-0.4, -0.2) is 46.2 Å². The normalized spacial score (nSPS) is 10.5. The molecule has 0 bridgehead atoms. The Hall–Kier alpha value is -2.55. The number of aryl methyl sites for hydroxylation is 1. The molecule has 0 saturated heterocycles. The summed E-state index contributed by atoms with van der Waals surface area (Å²) >= 11 is 1.17. The number of anilines is 3. The van der Waals surface area contributed by atoms with Gasteiger partial charge in [-0.15, -0.1) is 0 Å². The molecule has 8 nitrogen and oxygen atoms in total. The average Bonchev–Trinajstić information content (AvgIpc) is 2.56. The second-order valence-electron chi connectivity index (χ2n) is 5.39. The van der Waals surface area contributed by atoms with Gasteiger partial charge in [0.25, 0.3) is 0 Å². The molecule has 0 atom stereocenters. The number of carbonyl (C=O) groups is 1. The zero-order valence-corrected chi connectivity index (χ0v) is 15.2. The number of rotatable bonds is 8. The number of nitrogens with zero attached hydrogens (tertiary/aromatic N) is 4. The molecular weight excluding hydrogens is 338 g/mol. The molecule has 25 heavy (non-hydrogen) atoms. The predicted octanol–water partition coefficient (Wildman–Crippen LogP) is 1.08. The topological polar surface area (TPSA) is 123 Å². The van der Waals surface area contributed by atoms with E-state index < -0.39 is 0 Å². The van der Waals surface area contributed by atoms with Crippen molar-refractivity contribution in [3.05, 3.63) is 29.8 Å². The monoisotopic (exact) mass is 361 g/mol. The first-order valence-electron chi connectivity index (χ1n) is 7.96. The van der Waals surface area contributed by atoms with Gasteiger partial charge in [0.1, 0.15) is 0 Å². The van der Waals surface area contributed by atoms with Crippen LogP contribution in [-0.2, 0) is 4.79 Å². The van der Waals surface area contributed by atoms with Crippen LogP contribution < -0.4 is 21.7 Å². The van der Waals surface area contributed by atoms with E-state index in [9.17, 15) is 4.79 Å². The molecule has 9 heteroatoms. The highest BCUT2D eigenvalue weighted by molar-refractivity contribution is 7.99. The second kappa shape index (κ2) is 9.07. The molecule has 0 aliphatic heterocycles. The molecule has 0 unspecified atom stereocenters. The molecule has 134 valence electrons. The summed E-state index contributed by atoms with van der Waals surface area (Å²) in [6.45, 7) is 6.33. The molecule has 1 aromatic heterocycles.